The van der Waals surface area contributed by atoms with Gasteiger partial charge in [-0.15, -0.1) is 0 Å². The van der Waals surface area contributed by atoms with Crippen LogP contribution in [0.3, 0.4) is 0 Å². The van der Waals surface area contributed by atoms with Gasteiger partial charge < -0.3 is 24.1 Å². The number of benzene rings is 3. The van der Waals surface area contributed by atoms with Crippen LogP contribution in [-0.2, 0) is 26.5 Å². The average molecular weight is 420 g/mol. The Morgan fingerprint density at radius 2 is 1.81 bits per heavy atom. The molecule has 1 saturated heterocycles. The number of methoxy groups -OCH3 is 1. The van der Waals surface area contributed by atoms with Crippen LogP contribution in [-0.4, -0.2) is 38.0 Å². The molecule has 0 spiro atoms. The van der Waals surface area contributed by atoms with E-state index in [1.54, 1.807) is 7.11 Å². The molecule has 1 aliphatic heterocycles. The summed E-state index contributed by atoms with van der Waals surface area (Å²) in [6.07, 6.45) is 0. The number of carboxylic acid groups (broad SMARTS) is 1. The molecule has 0 aromatic heterocycles. The normalized spacial score (nSPS) is 14.5. The van der Waals surface area contributed by atoms with Crippen molar-refractivity contribution in [1.29, 1.82) is 0 Å². The van der Waals surface area contributed by atoms with E-state index in [1.165, 1.54) is 0 Å². The molecule has 3 aromatic carbocycles. The smallest absolute Gasteiger partial charge is 0.329 e. The maximum atomic E-state index is 10.8. The van der Waals surface area contributed by atoms with E-state index >= 15 is 0 Å². The Hall–Kier alpha value is -3.35. The lowest BCUT2D eigenvalue weighted by Crippen LogP contribution is -2.49. The highest BCUT2D eigenvalue weighted by atomic mass is 16.6. The maximum Gasteiger partial charge on any atom is 0.329 e. The fraction of sp³-hybridized carbons (Fsp3) is 0.240. The maximum absolute atomic E-state index is 10.8. The molecule has 1 fully saturated rings. The number of aliphatic carboxylic acids is 1. The second-order valence-corrected chi connectivity index (χ2v) is 7.38. The third-order valence-corrected chi connectivity index (χ3v) is 5.27. The van der Waals surface area contributed by atoms with Crippen molar-refractivity contribution in [3.63, 3.8) is 0 Å². The summed E-state index contributed by atoms with van der Waals surface area (Å²) >= 11 is 0. The number of hydrogen-bond acceptors (Lipinski definition) is 5. The average Bonchev–Trinajstić information content (AvgIpc) is 2.78. The molecule has 0 amide bonds. The van der Waals surface area contributed by atoms with Crippen LogP contribution in [0.5, 0.6) is 11.5 Å². The molecule has 6 nitrogen and oxygen atoms in total. The van der Waals surface area contributed by atoms with E-state index < -0.39 is 11.6 Å². The molecule has 1 aliphatic rings. The van der Waals surface area contributed by atoms with Gasteiger partial charge in [0.05, 0.1) is 20.3 Å². The van der Waals surface area contributed by atoms with Crippen molar-refractivity contribution in [3.05, 3.63) is 83.9 Å². The lowest BCUT2D eigenvalue weighted by Gasteiger charge is -2.41. The van der Waals surface area contributed by atoms with Crippen molar-refractivity contribution in [2.24, 2.45) is 0 Å². The highest BCUT2D eigenvalue weighted by Crippen LogP contribution is 2.35. The number of rotatable bonds is 9. The minimum absolute atomic E-state index is 0.343. The predicted octanol–water partition coefficient (Wildman–Crippen LogP) is 4.27. The fourth-order valence-electron chi connectivity index (χ4n) is 3.55. The minimum atomic E-state index is -0.999. The van der Waals surface area contributed by atoms with Gasteiger partial charge in [-0.3, -0.25) is 0 Å². The number of para-hydroxylation sites is 1. The van der Waals surface area contributed by atoms with Crippen LogP contribution < -0.4 is 9.47 Å². The molecule has 160 valence electrons. The Kier molecular flexibility index (Phi) is 6.21. The zero-order valence-electron chi connectivity index (χ0n) is 17.2. The Bertz CT molecular complexity index is 1040. The lowest BCUT2D eigenvalue weighted by atomic mass is 9.91. The Labute approximate surface area is 181 Å². The van der Waals surface area contributed by atoms with Gasteiger partial charge in [0.25, 0.3) is 0 Å². The van der Waals surface area contributed by atoms with Gasteiger partial charge in [-0.1, -0.05) is 48.5 Å². The van der Waals surface area contributed by atoms with E-state index in [4.69, 9.17) is 24.1 Å². The SMILES string of the molecule is COc1ccccc1-c1cccc(COc2ccc(C3(OCC(=O)O)COC3)cc2)c1. The van der Waals surface area contributed by atoms with Crippen molar-refractivity contribution >= 4 is 5.97 Å². The molecule has 3 aromatic rings. The van der Waals surface area contributed by atoms with Crippen LogP contribution >= 0.6 is 0 Å². The molecular weight excluding hydrogens is 396 g/mol. The molecule has 1 N–H and O–H groups in total. The summed E-state index contributed by atoms with van der Waals surface area (Å²) in [5, 5.41) is 8.89. The number of carboxylic acids is 1. The number of hydrogen-bond donors (Lipinski definition) is 1. The second kappa shape index (κ2) is 9.20. The van der Waals surface area contributed by atoms with Gasteiger partial charge in [-0.25, -0.2) is 4.79 Å². The fourth-order valence-corrected chi connectivity index (χ4v) is 3.55. The number of carbonyl (C=O) groups is 1. The second-order valence-electron chi connectivity index (χ2n) is 7.38. The predicted molar refractivity (Wildman–Crippen MR) is 115 cm³/mol. The van der Waals surface area contributed by atoms with Gasteiger partial charge in [0.2, 0.25) is 0 Å². The van der Waals surface area contributed by atoms with Crippen LogP contribution in [0.4, 0.5) is 0 Å². The molecule has 31 heavy (non-hydrogen) atoms. The van der Waals surface area contributed by atoms with Crippen molar-refractivity contribution in [2.75, 3.05) is 26.9 Å². The van der Waals surface area contributed by atoms with Gasteiger partial charge in [-0.05, 0) is 41.0 Å². The number of ether oxygens (including phenoxy) is 4. The largest absolute Gasteiger partial charge is 0.496 e. The van der Waals surface area contributed by atoms with Gasteiger partial charge in [0.15, 0.2) is 0 Å². The topological polar surface area (TPSA) is 74.2 Å². The third-order valence-electron chi connectivity index (χ3n) is 5.27. The molecule has 4 rings (SSSR count). The Morgan fingerprint density at radius 3 is 2.48 bits per heavy atom. The van der Waals surface area contributed by atoms with E-state index in [1.807, 2.05) is 66.7 Å². The molecule has 0 bridgehead atoms. The van der Waals surface area contributed by atoms with E-state index in [2.05, 4.69) is 6.07 Å². The zero-order chi connectivity index (χ0) is 21.7. The first-order valence-electron chi connectivity index (χ1n) is 9.99. The monoisotopic (exact) mass is 420 g/mol. The first-order valence-corrected chi connectivity index (χ1v) is 9.99. The van der Waals surface area contributed by atoms with E-state index in [0.717, 1.165) is 33.8 Å². The molecular formula is C25H24O6. The summed E-state index contributed by atoms with van der Waals surface area (Å²) in [6, 6.07) is 23.6. The Balaban J connectivity index is 1.42. The molecule has 0 unspecified atom stereocenters. The summed E-state index contributed by atoms with van der Waals surface area (Å²) in [4.78, 5) is 10.8. The third kappa shape index (κ3) is 4.71. The van der Waals surface area contributed by atoms with Crippen molar-refractivity contribution < 1.29 is 28.8 Å². The quantitative estimate of drug-likeness (QED) is 0.557. The molecule has 0 aliphatic carbocycles. The van der Waals surface area contributed by atoms with Crippen LogP contribution in [0.2, 0.25) is 0 Å². The first kappa shape index (κ1) is 20.9. The van der Waals surface area contributed by atoms with Crippen molar-refractivity contribution in [3.8, 4) is 22.6 Å². The van der Waals surface area contributed by atoms with Crippen LogP contribution in [0.25, 0.3) is 11.1 Å². The van der Waals surface area contributed by atoms with Crippen LogP contribution in [0, 0.1) is 0 Å². The highest BCUT2D eigenvalue weighted by molar-refractivity contribution is 5.70. The summed E-state index contributed by atoms with van der Waals surface area (Å²) < 4.78 is 22.3. The molecule has 0 atom stereocenters. The summed E-state index contributed by atoms with van der Waals surface area (Å²) in [6.45, 7) is 0.753. The zero-order valence-corrected chi connectivity index (χ0v) is 17.2. The van der Waals surface area contributed by atoms with Crippen LogP contribution in [0.15, 0.2) is 72.8 Å². The van der Waals surface area contributed by atoms with E-state index in [-0.39, 0.29) is 6.61 Å². The summed E-state index contributed by atoms with van der Waals surface area (Å²) in [5.74, 6) is 0.553. The molecule has 0 saturated carbocycles. The van der Waals surface area contributed by atoms with Crippen LogP contribution in [0.1, 0.15) is 11.1 Å². The summed E-state index contributed by atoms with van der Waals surface area (Å²) in [5.41, 5.74) is 3.33. The molecule has 1 heterocycles. The standard InChI is InChI=1S/C25H24O6/c1-28-23-8-3-2-7-22(23)19-6-4-5-18(13-19)14-30-21-11-9-20(10-12-21)25(16-29-17-25)31-15-24(26)27/h2-13H,14-17H2,1H3,(H,26,27). The first-order chi connectivity index (χ1) is 15.1. The molecule has 0 radical (unpaired) electrons. The van der Waals surface area contributed by atoms with Gasteiger partial charge >= 0.3 is 5.97 Å². The highest BCUT2D eigenvalue weighted by Gasteiger charge is 2.42. The van der Waals surface area contributed by atoms with Crippen molar-refractivity contribution in [1.82, 2.24) is 0 Å². The van der Waals surface area contributed by atoms with Gasteiger partial charge in [0.1, 0.15) is 30.3 Å². The minimum Gasteiger partial charge on any atom is -0.496 e. The van der Waals surface area contributed by atoms with Crippen molar-refractivity contribution in [2.45, 2.75) is 12.2 Å². The van der Waals surface area contributed by atoms with E-state index in [9.17, 15) is 4.79 Å². The van der Waals surface area contributed by atoms with E-state index in [0.29, 0.717) is 19.8 Å². The summed E-state index contributed by atoms with van der Waals surface area (Å²) in [7, 11) is 1.67. The Morgan fingerprint density at radius 1 is 1.03 bits per heavy atom. The van der Waals surface area contributed by atoms with Gasteiger partial charge in [0, 0.05) is 5.56 Å². The van der Waals surface area contributed by atoms with Gasteiger partial charge in [-0.2, -0.15) is 0 Å². The lowest BCUT2D eigenvalue weighted by molar-refractivity contribution is -0.220. The molecule has 6 heteroatoms.